The molecular weight excluding hydrogens is 313 g/mol. The first kappa shape index (κ1) is 16.2. The van der Waals surface area contributed by atoms with Crippen molar-refractivity contribution in [2.45, 2.75) is 45.4 Å². The summed E-state index contributed by atoms with van der Waals surface area (Å²) < 4.78 is 19.8. The number of aromatic nitrogens is 1. The van der Waals surface area contributed by atoms with E-state index in [1.165, 1.54) is 6.07 Å². The molecule has 2 N–H and O–H groups in total. The zero-order valence-corrected chi connectivity index (χ0v) is 14.3. The Labute approximate surface area is 140 Å². The quantitative estimate of drug-likeness (QED) is 0.812. The number of ether oxygens (including phenoxy) is 1. The van der Waals surface area contributed by atoms with Gasteiger partial charge in [-0.3, -0.25) is 0 Å². The third kappa shape index (κ3) is 4.00. The molecule has 1 atom stereocenters. The standard InChI is InChI=1S/C17H22FN3OS/c1-11(2)20-14-6-3-5-13(18)16(14)19-9-12-10-23-17(21-12)15-7-4-8-22-15/h3,5-6,10-11,15,19-20H,4,7-9H2,1-2H3. The molecule has 2 aromatic rings. The van der Waals surface area contributed by atoms with E-state index in [0.717, 1.165) is 35.8 Å². The first-order valence-corrected chi connectivity index (χ1v) is 8.86. The highest BCUT2D eigenvalue weighted by Gasteiger charge is 2.21. The second kappa shape index (κ2) is 7.27. The number of anilines is 2. The van der Waals surface area contributed by atoms with Crippen LogP contribution in [-0.4, -0.2) is 17.6 Å². The van der Waals surface area contributed by atoms with Gasteiger partial charge in [0.05, 0.1) is 23.6 Å². The number of thiazole rings is 1. The van der Waals surface area contributed by atoms with Gasteiger partial charge in [-0.1, -0.05) is 6.07 Å². The van der Waals surface area contributed by atoms with Gasteiger partial charge in [0, 0.05) is 18.0 Å². The lowest BCUT2D eigenvalue weighted by Crippen LogP contribution is -2.13. The van der Waals surface area contributed by atoms with E-state index in [2.05, 4.69) is 15.6 Å². The smallest absolute Gasteiger partial charge is 0.148 e. The van der Waals surface area contributed by atoms with Crippen molar-refractivity contribution in [3.63, 3.8) is 0 Å². The lowest BCUT2D eigenvalue weighted by atomic mass is 10.2. The summed E-state index contributed by atoms with van der Waals surface area (Å²) in [5, 5.41) is 9.47. The average molecular weight is 335 g/mol. The van der Waals surface area contributed by atoms with Crippen molar-refractivity contribution in [2.24, 2.45) is 0 Å². The van der Waals surface area contributed by atoms with Gasteiger partial charge >= 0.3 is 0 Å². The minimum absolute atomic E-state index is 0.139. The van der Waals surface area contributed by atoms with E-state index in [0.29, 0.717) is 12.2 Å². The SMILES string of the molecule is CC(C)Nc1cccc(F)c1NCc1csc(C2CCCO2)n1. The van der Waals surface area contributed by atoms with Crippen LogP contribution in [0.4, 0.5) is 15.8 Å². The molecule has 1 aromatic carbocycles. The number of nitrogens with one attached hydrogen (secondary N) is 2. The van der Waals surface area contributed by atoms with E-state index in [4.69, 9.17) is 4.74 Å². The Kier molecular flexibility index (Phi) is 5.13. The first-order chi connectivity index (χ1) is 11.1. The minimum Gasteiger partial charge on any atom is -0.381 e. The van der Waals surface area contributed by atoms with Crippen molar-refractivity contribution >= 4 is 22.7 Å². The molecule has 23 heavy (non-hydrogen) atoms. The number of halogens is 1. The molecule has 0 spiro atoms. The summed E-state index contributed by atoms with van der Waals surface area (Å²) in [7, 11) is 0. The Balaban J connectivity index is 1.68. The minimum atomic E-state index is -0.259. The normalized spacial score (nSPS) is 17.7. The molecule has 0 radical (unpaired) electrons. The summed E-state index contributed by atoms with van der Waals surface area (Å²) in [6.07, 6.45) is 2.27. The Morgan fingerprint density at radius 2 is 2.30 bits per heavy atom. The van der Waals surface area contributed by atoms with Crippen LogP contribution in [0.25, 0.3) is 0 Å². The van der Waals surface area contributed by atoms with Crippen LogP contribution in [0, 0.1) is 5.82 Å². The van der Waals surface area contributed by atoms with Crippen LogP contribution in [0.3, 0.4) is 0 Å². The lowest BCUT2D eigenvalue weighted by molar-refractivity contribution is 0.111. The van der Waals surface area contributed by atoms with Crippen LogP contribution < -0.4 is 10.6 Å². The van der Waals surface area contributed by atoms with E-state index >= 15 is 0 Å². The fourth-order valence-electron chi connectivity index (χ4n) is 2.64. The molecule has 124 valence electrons. The average Bonchev–Trinajstić information content (AvgIpc) is 3.17. The molecule has 1 unspecified atom stereocenters. The fraction of sp³-hybridized carbons (Fsp3) is 0.471. The van der Waals surface area contributed by atoms with Crippen LogP contribution in [0.1, 0.15) is 43.5 Å². The van der Waals surface area contributed by atoms with Crippen LogP contribution in [-0.2, 0) is 11.3 Å². The van der Waals surface area contributed by atoms with Crippen LogP contribution in [0.5, 0.6) is 0 Å². The number of hydrogen-bond acceptors (Lipinski definition) is 5. The molecule has 3 rings (SSSR count). The molecule has 0 amide bonds. The largest absolute Gasteiger partial charge is 0.381 e. The monoisotopic (exact) mass is 335 g/mol. The second-order valence-corrected chi connectivity index (χ2v) is 6.88. The van der Waals surface area contributed by atoms with E-state index in [1.807, 2.05) is 25.3 Å². The highest BCUT2D eigenvalue weighted by molar-refractivity contribution is 7.09. The van der Waals surface area contributed by atoms with Crippen LogP contribution in [0.15, 0.2) is 23.6 Å². The Bertz CT molecular complexity index is 653. The second-order valence-electron chi connectivity index (χ2n) is 5.99. The molecule has 6 heteroatoms. The molecule has 4 nitrogen and oxygen atoms in total. The van der Waals surface area contributed by atoms with Gasteiger partial charge in [0.15, 0.2) is 0 Å². The van der Waals surface area contributed by atoms with Gasteiger partial charge in [-0.15, -0.1) is 11.3 Å². The van der Waals surface area contributed by atoms with Crippen molar-refractivity contribution in [3.05, 3.63) is 40.1 Å². The zero-order valence-electron chi connectivity index (χ0n) is 13.4. The Hall–Kier alpha value is -1.66. The van der Waals surface area contributed by atoms with Crippen molar-refractivity contribution in [1.29, 1.82) is 0 Å². The molecule has 1 aromatic heterocycles. The third-order valence-corrected chi connectivity index (χ3v) is 4.66. The fourth-order valence-corrected chi connectivity index (χ4v) is 3.54. The molecule has 1 saturated heterocycles. The number of benzene rings is 1. The third-order valence-electron chi connectivity index (χ3n) is 3.68. The number of para-hydroxylation sites is 1. The predicted molar refractivity (Wildman–Crippen MR) is 92.5 cm³/mol. The molecule has 0 saturated carbocycles. The molecule has 0 bridgehead atoms. The van der Waals surface area contributed by atoms with Crippen molar-refractivity contribution in [2.75, 3.05) is 17.2 Å². The maximum Gasteiger partial charge on any atom is 0.148 e. The summed E-state index contributed by atoms with van der Waals surface area (Å²) in [6.45, 7) is 5.38. The summed E-state index contributed by atoms with van der Waals surface area (Å²) in [5.74, 6) is -0.259. The first-order valence-electron chi connectivity index (χ1n) is 7.98. The van der Waals surface area contributed by atoms with E-state index < -0.39 is 0 Å². The number of nitrogens with zero attached hydrogens (tertiary/aromatic N) is 1. The summed E-state index contributed by atoms with van der Waals surface area (Å²) >= 11 is 1.62. The number of rotatable bonds is 6. The van der Waals surface area contributed by atoms with E-state index in [-0.39, 0.29) is 18.0 Å². The van der Waals surface area contributed by atoms with Gasteiger partial charge in [0.2, 0.25) is 0 Å². The van der Waals surface area contributed by atoms with E-state index in [9.17, 15) is 4.39 Å². The summed E-state index contributed by atoms with van der Waals surface area (Å²) in [4.78, 5) is 4.62. The topological polar surface area (TPSA) is 46.2 Å². The van der Waals surface area contributed by atoms with Gasteiger partial charge < -0.3 is 15.4 Å². The van der Waals surface area contributed by atoms with Crippen molar-refractivity contribution in [3.8, 4) is 0 Å². The molecular formula is C17H22FN3OS. The summed E-state index contributed by atoms with van der Waals surface area (Å²) in [5.41, 5.74) is 2.18. The van der Waals surface area contributed by atoms with Crippen molar-refractivity contribution < 1.29 is 9.13 Å². The Morgan fingerprint density at radius 3 is 3.04 bits per heavy atom. The maximum absolute atomic E-state index is 14.1. The van der Waals surface area contributed by atoms with Gasteiger partial charge in [-0.05, 0) is 38.8 Å². The molecule has 0 aliphatic carbocycles. The lowest BCUT2D eigenvalue weighted by Gasteiger charge is -2.16. The zero-order chi connectivity index (χ0) is 16.2. The maximum atomic E-state index is 14.1. The molecule has 1 aliphatic heterocycles. The number of hydrogen-bond donors (Lipinski definition) is 2. The van der Waals surface area contributed by atoms with Crippen LogP contribution in [0.2, 0.25) is 0 Å². The van der Waals surface area contributed by atoms with Crippen LogP contribution >= 0.6 is 11.3 Å². The van der Waals surface area contributed by atoms with Crippen molar-refractivity contribution in [1.82, 2.24) is 4.98 Å². The molecule has 1 fully saturated rings. The predicted octanol–water partition coefficient (Wildman–Crippen LogP) is 4.57. The summed E-state index contributed by atoms with van der Waals surface area (Å²) in [6, 6.07) is 5.29. The van der Waals surface area contributed by atoms with Gasteiger partial charge in [-0.25, -0.2) is 9.37 Å². The highest BCUT2D eigenvalue weighted by Crippen LogP contribution is 2.31. The van der Waals surface area contributed by atoms with Gasteiger partial charge in [0.1, 0.15) is 16.9 Å². The van der Waals surface area contributed by atoms with Gasteiger partial charge in [-0.2, -0.15) is 0 Å². The van der Waals surface area contributed by atoms with E-state index in [1.54, 1.807) is 17.4 Å². The molecule has 1 aliphatic rings. The highest BCUT2D eigenvalue weighted by atomic mass is 32.1. The molecule has 2 heterocycles. The Morgan fingerprint density at radius 1 is 1.43 bits per heavy atom. The van der Waals surface area contributed by atoms with Gasteiger partial charge in [0.25, 0.3) is 0 Å².